The third-order valence-corrected chi connectivity index (χ3v) is 8.06. The van der Waals surface area contributed by atoms with Crippen molar-refractivity contribution in [1.82, 2.24) is 4.90 Å². The average molecular weight is 693 g/mol. The highest BCUT2D eigenvalue weighted by Crippen LogP contribution is 2.28. The van der Waals surface area contributed by atoms with Crippen molar-refractivity contribution in [3.63, 3.8) is 0 Å². The lowest BCUT2D eigenvalue weighted by Gasteiger charge is -2.25. The largest absolute Gasteiger partial charge is 0.486 e. The maximum absolute atomic E-state index is 12.8. The number of Topliss-reactive ketones (excluding diaryl/α,β-unsaturated/α-hetero) is 1. The summed E-state index contributed by atoms with van der Waals surface area (Å²) in [5.74, 6) is 0.339. The van der Waals surface area contributed by atoms with E-state index in [2.05, 4.69) is 36.2 Å². The molecular weight excluding hydrogens is 649 g/mol. The van der Waals surface area contributed by atoms with Crippen molar-refractivity contribution in [1.29, 1.82) is 0 Å². The number of hydrogen-bond donors (Lipinski definition) is 0. The van der Waals surface area contributed by atoms with Crippen molar-refractivity contribution in [2.24, 2.45) is 0 Å². The number of halogens is 2. The highest BCUT2D eigenvalue weighted by molar-refractivity contribution is 6.30. The van der Waals surface area contributed by atoms with Gasteiger partial charge >= 0.3 is 5.97 Å². The smallest absolute Gasteiger partial charge is 0.338 e. The van der Waals surface area contributed by atoms with Gasteiger partial charge in [-0.15, -0.1) is 0 Å². The standard InChI is InChI=1S/C39H43Cl2NO6/c1-39(2,3)48-37(44)30-14-22-33(23-15-30)46-26-36(43)38(45-5)47-34-20-8-27(9-21-34)7-6-24-42(4)25-35(28-10-16-31(40)17-11-28)29-12-18-32(41)19-13-29/h8-23,35,38H,6-7,24-26H2,1-5H3. The van der Waals surface area contributed by atoms with E-state index >= 15 is 0 Å². The van der Waals surface area contributed by atoms with Gasteiger partial charge in [-0.2, -0.15) is 0 Å². The summed E-state index contributed by atoms with van der Waals surface area (Å²) in [6.07, 6.45) is 0.740. The number of nitrogens with zero attached hydrogens (tertiary/aromatic N) is 1. The Kier molecular flexibility index (Phi) is 13.5. The van der Waals surface area contributed by atoms with Crippen LogP contribution in [0, 0.1) is 0 Å². The molecule has 0 heterocycles. The quantitative estimate of drug-likeness (QED) is 0.0860. The Hall–Kier alpha value is -3.88. The third-order valence-electron chi connectivity index (χ3n) is 7.56. The zero-order valence-corrected chi connectivity index (χ0v) is 29.6. The van der Waals surface area contributed by atoms with Gasteiger partial charge in [0, 0.05) is 29.6 Å². The van der Waals surface area contributed by atoms with Gasteiger partial charge in [0.05, 0.1) is 5.56 Å². The molecule has 0 radical (unpaired) electrons. The first-order valence-corrected chi connectivity index (χ1v) is 16.6. The van der Waals surface area contributed by atoms with Crippen molar-refractivity contribution in [2.75, 3.05) is 33.9 Å². The van der Waals surface area contributed by atoms with Gasteiger partial charge in [-0.3, -0.25) is 4.79 Å². The summed E-state index contributed by atoms with van der Waals surface area (Å²) in [5, 5.41) is 1.44. The number of carbonyl (C=O) groups excluding carboxylic acids is 2. The number of esters is 1. The third kappa shape index (κ3) is 11.7. The molecule has 1 atom stereocenters. The molecule has 1 unspecified atom stereocenters. The predicted molar refractivity (Wildman–Crippen MR) is 191 cm³/mol. The highest BCUT2D eigenvalue weighted by atomic mass is 35.5. The van der Waals surface area contributed by atoms with Gasteiger partial charge in [0.1, 0.15) is 17.1 Å². The topological polar surface area (TPSA) is 74.3 Å². The zero-order valence-electron chi connectivity index (χ0n) is 28.1. The number of ether oxygens (including phenoxy) is 4. The molecule has 0 bridgehead atoms. The van der Waals surface area contributed by atoms with Gasteiger partial charge in [0.15, 0.2) is 6.61 Å². The molecule has 48 heavy (non-hydrogen) atoms. The summed E-state index contributed by atoms with van der Waals surface area (Å²) in [5.41, 5.74) is 3.39. The molecule has 0 aliphatic carbocycles. The number of hydrogen-bond acceptors (Lipinski definition) is 7. The van der Waals surface area contributed by atoms with Gasteiger partial charge in [0.2, 0.25) is 5.78 Å². The van der Waals surface area contributed by atoms with E-state index in [4.69, 9.17) is 42.1 Å². The lowest BCUT2D eigenvalue weighted by molar-refractivity contribution is -0.147. The molecule has 0 amide bonds. The van der Waals surface area contributed by atoms with Crippen LogP contribution in [-0.2, 0) is 20.7 Å². The Morgan fingerprint density at radius 3 is 1.83 bits per heavy atom. The first-order valence-electron chi connectivity index (χ1n) is 15.9. The van der Waals surface area contributed by atoms with E-state index in [0.717, 1.165) is 36.0 Å². The molecule has 0 aliphatic heterocycles. The van der Waals surface area contributed by atoms with Crippen LogP contribution in [0.25, 0.3) is 0 Å². The van der Waals surface area contributed by atoms with Crippen molar-refractivity contribution < 1.29 is 28.5 Å². The van der Waals surface area contributed by atoms with E-state index in [-0.39, 0.29) is 18.3 Å². The molecule has 0 aliphatic rings. The van der Waals surface area contributed by atoms with E-state index < -0.39 is 17.9 Å². The Labute approximate surface area is 293 Å². The fraction of sp³-hybridized carbons (Fsp3) is 0.333. The van der Waals surface area contributed by atoms with Crippen LogP contribution >= 0.6 is 23.2 Å². The lowest BCUT2D eigenvalue weighted by atomic mass is 9.91. The molecule has 254 valence electrons. The molecule has 4 aromatic carbocycles. The summed E-state index contributed by atoms with van der Waals surface area (Å²) in [6, 6.07) is 30.2. The van der Waals surface area contributed by atoms with Crippen LogP contribution in [-0.4, -0.2) is 62.4 Å². The van der Waals surface area contributed by atoms with Crippen molar-refractivity contribution >= 4 is 35.0 Å². The number of ketones is 1. The van der Waals surface area contributed by atoms with Gasteiger partial charge in [-0.05, 0) is 125 Å². The second kappa shape index (κ2) is 17.5. The van der Waals surface area contributed by atoms with Crippen LogP contribution in [0.3, 0.4) is 0 Å². The normalized spacial score (nSPS) is 12.2. The monoisotopic (exact) mass is 691 g/mol. The number of methoxy groups -OCH3 is 1. The maximum atomic E-state index is 12.8. The zero-order chi connectivity index (χ0) is 34.7. The average Bonchev–Trinajstić information content (AvgIpc) is 3.06. The fourth-order valence-electron chi connectivity index (χ4n) is 5.10. The second-order valence-electron chi connectivity index (χ2n) is 12.6. The van der Waals surface area contributed by atoms with Crippen LogP contribution < -0.4 is 9.47 Å². The SMILES string of the molecule is COC(Oc1ccc(CCCN(C)CC(c2ccc(Cl)cc2)c2ccc(Cl)cc2)cc1)C(=O)COc1ccc(C(=O)OC(C)(C)C)cc1. The minimum absolute atomic E-state index is 0.188. The van der Waals surface area contributed by atoms with E-state index in [1.165, 1.54) is 23.8 Å². The summed E-state index contributed by atoms with van der Waals surface area (Å²) in [7, 11) is 3.55. The minimum atomic E-state index is -1.13. The van der Waals surface area contributed by atoms with Gasteiger partial charge < -0.3 is 23.8 Å². The Morgan fingerprint density at radius 1 is 0.771 bits per heavy atom. The van der Waals surface area contributed by atoms with Crippen molar-refractivity contribution in [3.05, 3.63) is 129 Å². The number of likely N-dealkylation sites (N-methyl/N-ethyl adjacent to an activating group) is 1. The molecule has 9 heteroatoms. The van der Waals surface area contributed by atoms with Crippen molar-refractivity contribution in [3.8, 4) is 11.5 Å². The number of aryl methyl sites for hydroxylation is 1. The Bertz CT molecular complexity index is 1560. The molecule has 0 N–H and O–H groups in total. The molecule has 0 saturated heterocycles. The predicted octanol–water partition coefficient (Wildman–Crippen LogP) is 8.64. The Balaban J connectivity index is 1.23. The fourth-order valence-corrected chi connectivity index (χ4v) is 5.35. The molecule has 0 aromatic heterocycles. The first kappa shape index (κ1) is 36.9. The van der Waals surface area contributed by atoms with Gasteiger partial charge in [0.25, 0.3) is 6.29 Å². The molecular formula is C39H43Cl2NO6. The number of rotatable bonds is 16. The van der Waals surface area contributed by atoms with E-state index in [0.29, 0.717) is 17.1 Å². The molecule has 0 spiro atoms. The molecule has 7 nitrogen and oxygen atoms in total. The van der Waals surface area contributed by atoms with Crippen LogP contribution in [0.1, 0.15) is 60.2 Å². The number of benzene rings is 4. The summed E-state index contributed by atoms with van der Waals surface area (Å²) in [4.78, 5) is 27.3. The highest BCUT2D eigenvalue weighted by Gasteiger charge is 2.22. The van der Waals surface area contributed by atoms with Gasteiger partial charge in [-0.1, -0.05) is 59.6 Å². The van der Waals surface area contributed by atoms with Gasteiger partial charge in [-0.25, -0.2) is 4.79 Å². The molecule has 4 aromatic rings. The lowest BCUT2D eigenvalue weighted by Crippen LogP contribution is -2.33. The van der Waals surface area contributed by atoms with Crippen molar-refractivity contribution in [2.45, 2.75) is 51.4 Å². The van der Waals surface area contributed by atoms with E-state index in [1.807, 2.05) is 69.3 Å². The van der Waals surface area contributed by atoms with Crippen LogP contribution in [0.5, 0.6) is 11.5 Å². The van der Waals surface area contributed by atoms with E-state index in [9.17, 15) is 9.59 Å². The van der Waals surface area contributed by atoms with Crippen LogP contribution in [0.15, 0.2) is 97.1 Å². The minimum Gasteiger partial charge on any atom is -0.486 e. The second-order valence-corrected chi connectivity index (χ2v) is 13.5. The van der Waals surface area contributed by atoms with E-state index in [1.54, 1.807) is 24.3 Å². The van der Waals surface area contributed by atoms with Crippen LogP contribution in [0.4, 0.5) is 0 Å². The first-order chi connectivity index (χ1) is 22.9. The number of carbonyl (C=O) groups is 2. The molecule has 0 saturated carbocycles. The molecule has 0 fully saturated rings. The summed E-state index contributed by atoms with van der Waals surface area (Å²) >= 11 is 12.3. The van der Waals surface area contributed by atoms with Crippen LogP contribution in [0.2, 0.25) is 10.0 Å². The molecule has 4 rings (SSSR count). The summed E-state index contributed by atoms with van der Waals surface area (Å²) in [6.45, 7) is 6.93. The summed E-state index contributed by atoms with van der Waals surface area (Å²) < 4.78 is 22.1. The Morgan fingerprint density at radius 2 is 1.31 bits per heavy atom. The maximum Gasteiger partial charge on any atom is 0.338 e.